The number of nitrogens with zero attached hydrogens (tertiary/aromatic N) is 6. The first kappa shape index (κ1) is 18.6. The third-order valence-electron chi connectivity index (χ3n) is 5.25. The van der Waals surface area contributed by atoms with Crippen LogP contribution in [0.4, 0.5) is 14.6 Å². The van der Waals surface area contributed by atoms with Crippen LogP contribution < -0.4 is 10.2 Å². The number of halogens is 2. The number of anilines is 1. The maximum Gasteiger partial charge on any atom is 0.168 e. The molecule has 0 bridgehead atoms. The van der Waals surface area contributed by atoms with Gasteiger partial charge in [0.15, 0.2) is 11.5 Å². The molecule has 0 amide bonds. The molecule has 4 aromatic rings. The Bertz CT molecular complexity index is 1210. The molecule has 152 valence electrons. The van der Waals surface area contributed by atoms with Crippen molar-refractivity contribution in [2.75, 3.05) is 24.5 Å². The molecule has 30 heavy (non-hydrogen) atoms. The Kier molecular flexibility index (Phi) is 4.59. The van der Waals surface area contributed by atoms with Crippen molar-refractivity contribution >= 4 is 17.0 Å². The van der Waals surface area contributed by atoms with Crippen molar-refractivity contribution in [3.63, 3.8) is 0 Å². The van der Waals surface area contributed by atoms with E-state index in [-0.39, 0.29) is 11.6 Å². The molecule has 1 aliphatic rings. The average molecular weight is 407 g/mol. The van der Waals surface area contributed by atoms with Gasteiger partial charge in [-0.05, 0) is 37.3 Å². The molecule has 5 rings (SSSR count). The SMILES string of the molecule is C[C@H]1CNCCN1c1ccc2nc(-c3ccc(F)cc3F)n(-c3ccncn3)c2n1. The molecule has 1 saturated heterocycles. The van der Waals surface area contributed by atoms with Gasteiger partial charge < -0.3 is 10.2 Å². The molecule has 0 spiro atoms. The second kappa shape index (κ2) is 7.42. The van der Waals surface area contributed by atoms with Crippen LogP contribution in [0.3, 0.4) is 0 Å². The van der Waals surface area contributed by atoms with Gasteiger partial charge in [-0.25, -0.2) is 28.7 Å². The van der Waals surface area contributed by atoms with Gasteiger partial charge in [-0.15, -0.1) is 0 Å². The second-order valence-electron chi connectivity index (χ2n) is 7.22. The van der Waals surface area contributed by atoms with Crippen molar-refractivity contribution in [2.45, 2.75) is 13.0 Å². The number of fused-ring (bicyclic) bond motifs is 1. The fourth-order valence-corrected chi connectivity index (χ4v) is 3.77. The summed E-state index contributed by atoms with van der Waals surface area (Å²) in [5, 5.41) is 3.37. The lowest BCUT2D eigenvalue weighted by Crippen LogP contribution is -2.50. The highest BCUT2D eigenvalue weighted by Gasteiger charge is 2.23. The summed E-state index contributed by atoms with van der Waals surface area (Å²) in [5.74, 6) is 0.284. The Morgan fingerprint density at radius 3 is 2.73 bits per heavy atom. The van der Waals surface area contributed by atoms with Crippen molar-refractivity contribution in [1.82, 2.24) is 29.8 Å². The zero-order chi connectivity index (χ0) is 20.7. The predicted octanol–water partition coefficient (Wildman–Crippen LogP) is 2.95. The average Bonchev–Trinajstić information content (AvgIpc) is 3.13. The Labute approximate surface area is 171 Å². The summed E-state index contributed by atoms with van der Waals surface area (Å²) in [7, 11) is 0. The van der Waals surface area contributed by atoms with Crippen LogP contribution in [0.25, 0.3) is 28.4 Å². The summed E-state index contributed by atoms with van der Waals surface area (Å²) in [5.41, 5.74) is 1.32. The van der Waals surface area contributed by atoms with Gasteiger partial charge >= 0.3 is 0 Å². The number of nitrogens with one attached hydrogen (secondary N) is 1. The van der Waals surface area contributed by atoms with E-state index in [1.54, 1.807) is 16.8 Å². The highest BCUT2D eigenvalue weighted by atomic mass is 19.1. The third-order valence-corrected chi connectivity index (χ3v) is 5.25. The van der Waals surface area contributed by atoms with E-state index in [1.165, 1.54) is 18.5 Å². The van der Waals surface area contributed by atoms with E-state index < -0.39 is 11.6 Å². The summed E-state index contributed by atoms with van der Waals surface area (Å²) < 4.78 is 29.8. The van der Waals surface area contributed by atoms with Gasteiger partial charge in [0, 0.05) is 37.9 Å². The number of piperazine rings is 1. The fourth-order valence-electron chi connectivity index (χ4n) is 3.77. The highest BCUT2D eigenvalue weighted by Crippen LogP contribution is 2.30. The van der Waals surface area contributed by atoms with Gasteiger partial charge in [0.2, 0.25) is 0 Å². The highest BCUT2D eigenvalue weighted by molar-refractivity contribution is 5.81. The lowest BCUT2D eigenvalue weighted by atomic mass is 10.2. The predicted molar refractivity (Wildman–Crippen MR) is 109 cm³/mol. The van der Waals surface area contributed by atoms with Crippen LogP contribution in [0.2, 0.25) is 0 Å². The molecule has 1 fully saturated rings. The Balaban J connectivity index is 1.74. The molecule has 1 N–H and O–H groups in total. The van der Waals surface area contributed by atoms with Crippen LogP contribution >= 0.6 is 0 Å². The maximum absolute atomic E-state index is 14.6. The van der Waals surface area contributed by atoms with Gasteiger partial charge in [0.05, 0.1) is 5.56 Å². The molecule has 1 atom stereocenters. The summed E-state index contributed by atoms with van der Waals surface area (Å²) >= 11 is 0. The van der Waals surface area contributed by atoms with E-state index in [4.69, 9.17) is 4.98 Å². The van der Waals surface area contributed by atoms with Crippen LogP contribution in [0.5, 0.6) is 0 Å². The van der Waals surface area contributed by atoms with E-state index in [9.17, 15) is 8.78 Å². The molecule has 0 radical (unpaired) electrons. The van der Waals surface area contributed by atoms with Crippen molar-refractivity contribution in [3.8, 4) is 17.2 Å². The molecule has 1 aromatic carbocycles. The van der Waals surface area contributed by atoms with Gasteiger partial charge in [0.1, 0.15) is 35.1 Å². The molecule has 0 aliphatic carbocycles. The number of imidazole rings is 1. The van der Waals surface area contributed by atoms with Gasteiger partial charge in [-0.3, -0.25) is 4.57 Å². The van der Waals surface area contributed by atoms with Crippen LogP contribution in [-0.4, -0.2) is 50.2 Å². The summed E-state index contributed by atoms with van der Waals surface area (Å²) in [6.45, 7) is 4.72. The van der Waals surface area contributed by atoms with Crippen molar-refractivity contribution in [1.29, 1.82) is 0 Å². The minimum absolute atomic E-state index is 0.171. The Hall–Kier alpha value is -3.46. The number of pyridine rings is 1. The first-order chi connectivity index (χ1) is 14.6. The zero-order valence-corrected chi connectivity index (χ0v) is 16.3. The molecular weight excluding hydrogens is 388 g/mol. The van der Waals surface area contributed by atoms with E-state index in [0.29, 0.717) is 22.8 Å². The summed E-state index contributed by atoms with van der Waals surface area (Å²) in [6.07, 6.45) is 3.01. The molecule has 7 nitrogen and oxygen atoms in total. The zero-order valence-electron chi connectivity index (χ0n) is 16.3. The van der Waals surface area contributed by atoms with Crippen molar-refractivity contribution in [3.05, 3.63) is 60.6 Å². The van der Waals surface area contributed by atoms with E-state index in [1.807, 2.05) is 12.1 Å². The molecule has 3 aromatic heterocycles. The number of rotatable bonds is 3. The smallest absolute Gasteiger partial charge is 0.168 e. The van der Waals surface area contributed by atoms with E-state index in [2.05, 4.69) is 32.1 Å². The first-order valence-corrected chi connectivity index (χ1v) is 9.70. The largest absolute Gasteiger partial charge is 0.351 e. The molecule has 0 unspecified atom stereocenters. The number of hydrogen-bond acceptors (Lipinski definition) is 6. The van der Waals surface area contributed by atoms with Gasteiger partial charge in [-0.1, -0.05) is 0 Å². The number of hydrogen-bond donors (Lipinski definition) is 1. The summed E-state index contributed by atoms with van der Waals surface area (Å²) in [4.78, 5) is 20.0. The molecule has 0 saturated carbocycles. The topological polar surface area (TPSA) is 71.8 Å². The normalized spacial score (nSPS) is 16.9. The molecule has 4 heterocycles. The molecule has 9 heteroatoms. The lowest BCUT2D eigenvalue weighted by molar-refractivity contribution is 0.497. The number of benzene rings is 1. The van der Waals surface area contributed by atoms with Crippen LogP contribution in [0, 0.1) is 11.6 Å². The maximum atomic E-state index is 14.6. The standard InChI is InChI=1S/C21H19F2N7/c1-13-11-24-8-9-29(13)19-5-4-17-21(28-19)30(18-6-7-25-12-26-18)20(27-17)15-3-2-14(22)10-16(15)23/h2-7,10,12-13,24H,8-9,11H2,1H3/t13-/m0/s1. The number of aromatic nitrogens is 5. The van der Waals surface area contributed by atoms with Crippen molar-refractivity contribution in [2.24, 2.45) is 0 Å². The van der Waals surface area contributed by atoms with Crippen LogP contribution in [0.1, 0.15) is 6.92 Å². The van der Waals surface area contributed by atoms with E-state index >= 15 is 0 Å². The Morgan fingerprint density at radius 1 is 1.07 bits per heavy atom. The van der Waals surface area contributed by atoms with Gasteiger partial charge in [-0.2, -0.15) is 0 Å². The van der Waals surface area contributed by atoms with E-state index in [0.717, 1.165) is 31.5 Å². The third kappa shape index (κ3) is 3.17. The second-order valence-corrected chi connectivity index (χ2v) is 7.22. The van der Waals surface area contributed by atoms with Crippen molar-refractivity contribution < 1.29 is 8.78 Å². The fraction of sp³-hybridized carbons (Fsp3) is 0.238. The van der Waals surface area contributed by atoms with Crippen LogP contribution in [-0.2, 0) is 0 Å². The first-order valence-electron chi connectivity index (χ1n) is 9.70. The quantitative estimate of drug-likeness (QED) is 0.563. The monoisotopic (exact) mass is 407 g/mol. The Morgan fingerprint density at radius 2 is 1.97 bits per heavy atom. The lowest BCUT2D eigenvalue weighted by Gasteiger charge is -2.34. The molecule has 1 aliphatic heterocycles. The minimum atomic E-state index is -0.698. The summed E-state index contributed by atoms with van der Waals surface area (Å²) in [6, 6.07) is 9.22. The molecular formula is C21H19F2N7. The minimum Gasteiger partial charge on any atom is -0.351 e. The van der Waals surface area contributed by atoms with Crippen LogP contribution in [0.15, 0.2) is 48.9 Å². The van der Waals surface area contributed by atoms with Gasteiger partial charge in [0.25, 0.3) is 0 Å².